The fourth-order valence-electron chi connectivity index (χ4n) is 3.20. The van der Waals surface area contributed by atoms with E-state index in [1.807, 2.05) is 30.5 Å². The van der Waals surface area contributed by atoms with Gasteiger partial charge in [-0.05, 0) is 31.0 Å². The lowest BCUT2D eigenvalue weighted by molar-refractivity contribution is 0.0927. The van der Waals surface area contributed by atoms with E-state index in [1.54, 1.807) is 24.0 Å². The van der Waals surface area contributed by atoms with Gasteiger partial charge in [0.1, 0.15) is 11.5 Å². The lowest BCUT2D eigenvalue weighted by Crippen LogP contribution is -2.48. The molecule has 1 unspecified atom stereocenters. The molecule has 1 amide bonds. The van der Waals surface area contributed by atoms with Gasteiger partial charge in [0.05, 0.1) is 17.2 Å². The van der Waals surface area contributed by atoms with Crippen LogP contribution in [0.1, 0.15) is 23.3 Å². The molecule has 7 nitrogen and oxygen atoms in total. The van der Waals surface area contributed by atoms with Crippen LogP contribution in [0.5, 0.6) is 0 Å². The van der Waals surface area contributed by atoms with Crippen LogP contribution in [0.25, 0.3) is 11.0 Å². The van der Waals surface area contributed by atoms with Crippen LogP contribution in [-0.4, -0.2) is 44.8 Å². The molecule has 0 saturated carbocycles. The molecule has 1 aliphatic rings. The Balaban J connectivity index is 1.47. The lowest BCUT2D eigenvalue weighted by Gasteiger charge is -2.33. The number of hydrogen-bond acceptors (Lipinski definition) is 5. The molecule has 7 heteroatoms. The van der Waals surface area contributed by atoms with E-state index in [1.165, 1.54) is 0 Å². The molecule has 4 rings (SSSR count). The maximum Gasteiger partial charge on any atom is 0.272 e. The van der Waals surface area contributed by atoms with Crippen LogP contribution in [0.4, 0.5) is 5.82 Å². The molecule has 1 atom stereocenters. The van der Waals surface area contributed by atoms with Crippen molar-refractivity contribution in [1.29, 1.82) is 0 Å². The summed E-state index contributed by atoms with van der Waals surface area (Å²) in [5, 5.41) is 7.24. The smallest absolute Gasteiger partial charge is 0.272 e. The van der Waals surface area contributed by atoms with Crippen LogP contribution in [0.2, 0.25) is 0 Å². The van der Waals surface area contributed by atoms with E-state index < -0.39 is 0 Å². The molecule has 1 aromatic carbocycles. The number of anilines is 1. The summed E-state index contributed by atoms with van der Waals surface area (Å²) < 4.78 is 1.63. The molecule has 0 bridgehead atoms. The van der Waals surface area contributed by atoms with Crippen molar-refractivity contribution in [3.8, 4) is 0 Å². The van der Waals surface area contributed by atoms with Crippen molar-refractivity contribution in [3.63, 3.8) is 0 Å². The highest BCUT2D eigenvalue weighted by Gasteiger charge is 2.23. The van der Waals surface area contributed by atoms with Gasteiger partial charge in [0.25, 0.3) is 5.91 Å². The summed E-state index contributed by atoms with van der Waals surface area (Å²) >= 11 is 0. The number of nitrogens with zero attached hydrogens (tertiary/aromatic N) is 5. The van der Waals surface area contributed by atoms with Crippen molar-refractivity contribution in [3.05, 3.63) is 48.4 Å². The number of hydrogen-bond donors (Lipinski definition) is 1. The Kier molecular flexibility index (Phi) is 4.05. The van der Waals surface area contributed by atoms with Crippen LogP contribution in [0.15, 0.2) is 42.7 Å². The standard InChI is InChI=1S/C18H20N6O/c1-23-10-8-16(22-23)18(25)20-13-5-4-9-24(12-13)17-11-19-14-6-2-3-7-15(14)21-17/h2-3,6-8,10-11,13H,4-5,9,12H2,1H3,(H,20,25). The average molecular weight is 336 g/mol. The predicted octanol–water partition coefficient (Wildman–Crippen LogP) is 1.76. The first-order chi connectivity index (χ1) is 12.2. The molecule has 1 N–H and O–H groups in total. The number of carbonyl (C=O) groups is 1. The number of fused-ring (bicyclic) bond motifs is 1. The first-order valence-corrected chi connectivity index (χ1v) is 8.46. The van der Waals surface area contributed by atoms with E-state index in [-0.39, 0.29) is 11.9 Å². The van der Waals surface area contributed by atoms with Gasteiger partial charge in [-0.3, -0.25) is 14.5 Å². The highest BCUT2D eigenvalue weighted by molar-refractivity contribution is 5.92. The van der Waals surface area contributed by atoms with Gasteiger partial charge in [-0.2, -0.15) is 5.10 Å². The van der Waals surface area contributed by atoms with Crippen molar-refractivity contribution in [2.45, 2.75) is 18.9 Å². The lowest BCUT2D eigenvalue weighted by atomic mass is 10.1. The maximum absolute atomic E-state index is 12.3. The summed E-state index contributed by atoms with van der Waals surface area (Å²) in [6, 6.07) is 9.66. The molecule has 1 fully saturated rings. The molecule has 3 heterocycles. The van der Waals surface area contributed by atoms with Crippen molar-refractivity contribution < 1.29 is 4.79 Å². The monoisotopic (exact) mass is 336 g/mol. The minimum absolute atomic E-state index is 0.0801. The summed E-state index contributed by atoms with van der Waals surface area (Å²) in [6.07, 6.45) is 5.54. The van der Waals surface area contributed by atoms with E-state index in [4.69, 9.17) is 4.98 Å². The van der Waals surface area contributed by atoms with Crippen LogP contribution in [0.3, 0.4) is 0 Å². The quantitative estimate of drug-likeness (QED) is 0.789. The molecule has 1 aliphatic heterocycles. The highest BCUT2D eigenvalue weighted by atomic mass is 16.2. The van der Waals surface area contributed by atoms with Crippen LogP contribution in [0, 0.1) is 0 Å². The van der Waals surface area contributed by atoms with Crippen molar-refractivity contribution in [1.82, 2.24) is 25.1 Å². The SMILES string of the molecule is Cn1ccc(C(=O)NC2CCCN(c3cnc4ccccc4n3)C2)n1. The fourth-order valence-corrected chi connectivity index (χ4v) is 3.20. The largest absolute Gasteiger partial charge is 0.353 e. The molecule has 0 spiro atoms. The number of aromatic nitrogens is 4. The zero-order valence-corrected chi connectivity index (χ0v) is 14.1. The van der Waals surface area contributed by atoms with Crippen LogP contribution < -0.4 is 10.2 Å². The van der Waals surface area contributed by atoms with Crippen molar-refractivity contribution >= 4 is 22.8 Å². The number of aryl methyl sites for hydroxylation is 1. The first-order valence-electron chi connectivity index (χ1n) is 8.46. The van der Waals surface area contributed by atoms with Gasteiger partial charge in [0.2, 0.25) is 0 Å². The summed E-state index contributed by atoms with van der Waals surface area (Å²) in [5.41, 5.74) is 2.23. The van der Waals surface area contributed by atoms with Crippen LogP contribution >= 0.6 is 0 Å². The van der Waals surface area contributed by atoms with Crippen LogP contribution in [-0.2, 0) is 7.05 Å². The van der Waals surface area contributed by atoms with Gasteiger partial charge >= 0.3 is 0 Å². The van der Waals surface area contributed by atoms with Gasteiger partial charge < -0.3 is 10.2 Å². The van der Waals surface area contributed by atoms with Gasteiger partial charge in [0.15, 0.2) is 0 Å². The molecule has 25 heavy (non-hydrogen) atoms. The Bertz CT molecular complexity index is 905. The number of piperidine rings is 1. The number of nitrogens with one attached hydrogen (secondary N) is 1. The summed E-state index contributed by atoms with van der Waals surface area (Å²) in [6.45, 7) is 1.65. The molecule has 1 saturated heterocycles. The van der Waals surface area contributed by atoms with Gasteiger partial charge in [-0.25, -0.2) is 4.98 Å². The minimum Gasteiger partial charge on any atom is -0.353 e. The molecule has 0 radical (unpaired) electrons. The number of carbonyl (C=O) groups excluding carboxylic acids is 1. The summed E-state index contributed by atoms with van der Waals surface area (Å²) in [4.78, 5) is 23.7. The Morgan fingerprint density at radius 2 is 2.08 bits per heavy atom. The number of rotatable bonds is 3. The van der Waals surface area contributed by atoms with E-state index in [0.717, 1.165) is 42.8 Å². The summed E-state index contributed by atoms with van der Waals surface area (Å²) in [5.74, 6) is 0.729. The average Bonchev–Trinajstić information content (AvgIpc) is 3.08. The zero-order chi connectivity index (χ0) is 17.2. The van der Waals surface area contributed by atoms with Gasteiger partial charge in [-0.15, -0.1) is 0 Å². The van der Waals surface area contributed by atoms with Crippen molar-refractivity contribution in [2.24, 2.45) is 7.05 Å². The molecular formula is C18H20N6O. The Labute approximate surface area is 145 Å². The third-order valence-electron chi connectivity index (χ3n) is 4.46. The van der Waals surface area contributed by atoms with Gasteiger partial charge in [-0.1, -0.05) is 12.1 Å². The second-order valence-electron chi connectivity index (χ2n) is 6.35. The van der Waals surface area contributed by atoms with E-state index in [2.05, 4.69) is 20.3 Å². The number of benzene rings is 1. The first kappa shape index (κ1) is 15.6. The zero-order valence-electron chi connectivity index (χ0n) is 14.1. The predicted molar refractivity (Wildman–Crippen MR) is 95.4 cm³/mol. The molecule has 0 aliphatic carbocycles. The number of para-hydroxylation sites is 2. The third-order valence-corrected chi connectivity index (χ3v) is 4.46. The second-order valence-corrected chi connectivity index (χ2v) is 6.35. The van der Waals surface area contributed by atoms with Gasteiger partial charge in [0, 0.05) is 32.4 Å². The van der Waals surface area contributed by atoms with E-state index in [9.17, 15) is 4.79 Å². The van der Waals surface area contributed by atoms with E-state index in [0.29, 0.717) is 5.69 Å². The molecular weight excluding hydrogens is 316 g/mol. The fraction of sp³-hybridized carbons (Fsp3) is 0.333. The van der Waals surface area contributed by atoms with E-state index >= 15 is 0 Å². The third kappa shape index (κ3) is 3.31. The highest BCUT2D eigenvalue weighted by Crippen LogP contribution is 2.20. The summed E-state index contributed by atoms with van der Waals surface area (Å²) in [7, 11) is 1.80. The Hall–Kier alpha value is -2.96. The Morgan fingerprint density at radius 3 is 2.88 bits per heavy atom. The number of amides is 1. The Morgan fingerprint density at radius 1 is 1.24 bits per heavy atom. The normalized spacial score (nSPS) is 17.6. The molecule has 2 aromatic heterocycles. The molecule has 3 aromatic rings. The molecule has 128 valence electrons. The topological polar surface area (TPSA) is 75.9 Å². The minimum atomic E-state index is -0.128. The van der Waals surface area contributed by atoms with Crippen molar-refractivity contribution in [2.75, 3.05) is 18.0 Å². The second kappa shape index (κ2) is 6.51. The maximum atomic E-state index is 12.3.